The smallest absolute Gasteiger partial charge is 0.234 e. The van der Waals surface area contributed by atoms with Crippen LogP contribution in [0.25, 0.3) is 0 Å². The lowest BCUT2D eigenvalue weighted by molar-refractivity contribution is -0.124. The van der Waals surface area contributed by atoms with E-state index in [-0.39, 0.29) is 11.7 Å². The van der Waals surface area contributed by atoms with E-state index >= 15 is 0 Å². The highest BCUT2D eigenvalue weighted by Crippen LogP contribution is 2.46. The van der Waals surface area contributed by atoms with Crippen LogP contribution >= 0.6 is 11.3 Å². The Hall–Kier alpha value is -1.63. The van der Waals surface area contributed by atoms with Crippen LogP contribution in [0.3, 0.4) is 0 Å². The molecule has 7 heteroatoms. The van der Waals surface area contributed by atoms with Gasteiger partial charge in [-0.15, -0.1) is 11.3 Å². The van der Waals surface area contributed by atoms with Crippen LogP contribution in [0.15, 0.2) is 11.4 Å². The summed E-state index contributed by atoms with van der Waals surface area (Å²) in [5, 5.41) is 15.3. The van der Waals surface area contributed by atoms with Gasteiger partial charge in [0.1, 0.15) is 10.4 Å². The quantitative estimate of drug-likeness (QED) is 0.319. The topological polar surface area (TPSA) is 101 Å². The van der Waals surface area contributed by atoms with Gasteiger partial charge in [-0.2, -0.15) is 0 Å². The molecule has 2 rings (SSSR count). The first kappa shape index (κ1) is 12.8. The van der Waals surface area contributed by atoms with E-state index in [1.54, 1.807) is 11.3 Å². The van der Waals surface area contributed by atoms with E-state index in [1.807, 2.05) is 6.20 Å². The molecule has 1 fully saturated rings. The van der Waals surface area contributed by atoms with Gasteiger partial charge in [0.05, 0.1) is 6.54 Å². The van der Waals surface area contributed by atoms with E-state index in [2.05, 4.69) is 22.4 Å². The number of nitrogens with two attached hydrogens (primary N) is 1. The first-order chi connectivity index (χ1) is 8.62. The molecule has 6 nitrogen and oxygen atoms in total. The van der Waals surface area contributed by atoms with Crippen molar-refractivity contribution in [3.05, 3.63) is 16.1 Å². The Morgan fingerprint density at radius 2 is 2.44 bits per heavy atom. The van der Waals surface area contributed by atoms with Gasteiger partial charge < -0.3 is 16.3 Å². The first-order valence-electron chi connectivity index (χ1n) is 5.82. The van der Waals surface area contributed by atoms with Crippen molar-refractivity contribution in [2.75, 3.05) is 0 Å². The average Bonchev–Trinajstić information content (AvgIpc) is 3.08. The second-order valence-electron chi connectivity index (χ2n) is 4.32. The van der Waals surface area contributed by atoms with Gasteiger partial charge in [-0.3, -0.25) is 4.79 Å². The summed E-state index contributed by atoms with van der Waals surface area (Å²) in [5.74, 6) is -0.195. The van der Waals surface area contributed by atoms with Crippen LogP contribution in [0.5, 0.6) is 0 Å². The number of rotatable bonds is 5. The third-order valence-electron chi connectivity index (χ3n) is 3.13. The molecule has 1 aliphatic carbocycles. The van der Waals surface area contributed by atoms with Crippen LogP contribution < -0.4 is 11.1 Å². The van der Waals surface area contributed by atoms with Crippen LogP contribution in [0.4, 0.5) is 0 Å². The minimum Gasteiger partial charge on any atom is -0.409 e. The number of thiazole rings is 1. The molecule has 4 N–H and O–H groups in total. The van der Waals surface area contributed by atoms with Crippen molar-refractivity contribution in [2.24, 2.45) is 16.3 Å². The number of aromatic nitrogens is 1. The number of nitrogens with one attached hydrogen (secondary N) is 1. The van der Waals surface area contributed by atoms with Crippen molar-refractivity contribution in [3.8, 4) is 0 Å². The molecule has 0 bridgehead atoms. The Morgan fingerprint density at radius 3 is 2.94 bits per heavy atom. The Kier molecular flexibility index (Phi) is 3.51. The maximum atomic E-state index is 12.0. The van der Waals surface area contributed by atoms with Gasteiger partial charge in [-0.05, 0) is 19.3 Å². The van der Waals surface area contributed by atoms with Crippen LogP contribution in [-0.2, 0) is 17.8 Å². The Bertz CT molecular complexity index is 479. The summed E-state index contributed by atoms with van der Waals surface area (Å²) in [6.45, 7) is 2.46. The van der Waals surface area contributed by atoms with Gasteiger partial charge in [0.15, 0.2) is 5.84 Å². The summed E-state index contributed by atoms with van der Waals surface area (Å²) >= 11 is 1.58. The molecule has 1 aromatic heterocycles. The predicted molar refractivity (Wildman–Crippen MR) is 68.4 cm³/mol. The molecule has 98 valence electrons. The zero-order valence-electron chi connectivity index (χ0n) is 10.1. The Labute approximate surface area is 109 Å². The monoisotopic (exact) mass is 268 g/mol. The van der Waals surface area contributed by atoms with Gasteiger partial charge in [0.25, 0.3) is 0 Å². The molecule has 1 aromatic rings. The summed E-state index contributed by atoms with van der Waals surface area (Å²) < 4.78 is 0. The lowest BCUT2D eigenvalue weighted by Crippen LogP contribution is -2.40. The predicted octanol–water partition coefficient (Wildman–Crippen LogP) is 0.848. The molecular formula is C11H16N4O2S. The SMILES string of the molecule is CCc1cnc(CNC(=O)C2(C(N)=NO)CC2)s1. The van der Waals surface area contributed by atoms with Crippen LogP contribution in [-0.4, -0.2) is 21.9 Å². The average molecular weight is 268 g/mol. The third-order valence-corrected chi connectivity index (χ3v) is 4.27. The van der Waals surface area contributed by atoms with Crippen LogP contribution in [0, 0.1) is 5.41 Å². The number of nitrogens with zero attached hydrogens (tertiary/aromatic N) is 2. The number of aryl methyl sites for hydroxylation is 1. The van der Waals surface area contributed by atoms with Crippen LogP contribution in [0.2, 0.25) is 0 Å². The third kappa shape index (κ3) is 2.31. The second-order valence-corrected chi connectivity index (χ2v) is 5.52. The van der Waals surface area contributed by atoms with Gasteiger partial charge in [-0.1, -0.05) is 12.1 Å². The zero-order valence-corrected chi connectivity index (χ0v) is 11.0. The summed E-state index contributed by atoms with van der Waals surface area (Å²) in [4.78, 5) is 17.4. The standard InChI is InChI=1S/C11H16N4O2S/c1-2-7-5-13-8(18-7)6-14-10(16)11(3-4-11)9(12)15-17/h5,17H,2-4,6H2,1H3,(H2,12,15)(H,14,16). The number of hydrogen-bond donors (Lipinski definition) is 3. The fraction of sp³-hybridized carbons (Fsp3) is 0.545. The summed E-state index contributed by atoms with van der Waals surface area (Å²) in [5.41, 5.74) is 4.74. The molecule has 1 amide bonds. The normalized spacial score (nSPS) is 17.5. The van der Waals surface area contributed by atoms with Crippen molar-refractivity contribution >= 4 is 23.1 Å². The number of amidine groups is 1. The number of oxime groups is 1. The molecule has 1 heterocycles. The summed E-state index contributed by atoms with van der Waals surface area (Å²) in [6, 6.07) is 0. The van der Waals surface area contributed by atoms with E-state index in [0.29, 0.717) is 19.4 Å². The highest BCUT2D eigenvalue weighted by Gasteiger charge is 2.54. The largest absolute Gasteiger partial charge is 0.409 e. The summed E-state index contributed by atoms with van der Waals surface area (Å²) in [6.07, 6.45) is 4.03. The van der Waals surface area contributed by atoms with E-state index in [9.17, 15) is 4.79 Å². The molecular weight excluding hydrogens is 252 g/mol. The van der Waals surface area contributed by atoms with Crippen molar-refractivity contribution in [2.45, 2.75) is 32.7 Å². The lowest BCUT2D eigenvalue weighted by atomic mass is 10.1. The minimum absolute atomic E-state index is 0.00612. The lowest BCUT2D eigenvalue weighted by Gasteiger charge is -2.12. The van der Waals surface area contributed by atoms with Gasteiger partial charge >= 0.3 is 0 Å². The van der Waals surface area contributed by atoms with Gasteiger partial charge in [-0.25, -0.2) is 4.98 Å². The number of amides is 1. The molecule has 0 saturated heterocycles. The number of carbonyl (C=O) groups excluding carboxylic acids is 1. The fourth-order valence-electron chi connectivity index (χ4n) is 1.74. The van der Waals surface area contributed by atoms with Crippen molar-refractivity contribution in [3.63, 3.8) is 0 Å². The van der Waals surface area contributed by atoms with E-state index in [1.165, 1.54) is 4.88 Å². The molecule has 0 unspecified atom stereocenters. The van der Waals surface area contributed by atoms with Gasteiger partial charge in [0.2, 0.25) is 5.91 Å². The van der Waals surface area contributed by atoms with E-state index in [4.69, 9.17) is 10.9 Å². The van der Waals surface area contributed by atoms with E-state index < -0.39 is 5.41 Å². The van der Waals surface area contributed by atoms with Crippen molar-refractivity contribution in [1.29, 1.82) is 0 Å². The number of hydrogen-bond acceptors (Lipinski definition) is 5. The molecule has 0 spiro atoms. The molecule has 1 aliphatic rings. The fourth-order valence-corrected chi connectivity index (χ4v) is 2.54. The minimum atomic E-state index is -0.792. The first-order valence-corrected chi connectivity index (χ1v) is 6.64. The maximum Gasteiger partial charge on any atom is 0.234 e. The highest BCUT2D eigenvalue weighted by atomic mass is 32.1. The second kappa shape index (κ2) is 4.93. The Balaban J connectivity index is 1.93. The molecule has 0 aliphatic heterocycles. The molecule has 0 radical (unpaired) electrons. The summed E-state index contributed by atoms with van der Waals surface area (Å²) in [7, 11) is 0. The molecule has 0 atom stereocenters. The molecule has 18 heavy (non-hydrogen) atoms. The highest BCUT2D eigenvalue weighted by molar-refractivity contribution is 7.11. The van der Waals surface area contributed by atoms with Crippen LogP contribution in [0.1, 0.15) is 29.7 Å². The zero-order chi connectivity index (χ0) is 13.2. The maximum absolute atomic E-state index is 12.0. The Morgan fingerprint density at radius 1 is 1.72 bits per heavy atom. The molecule has 1 saturated carbocycles. The molecule has 0 aromatic carbocycles. The van der Waals surface area contributed by atoms with Crippen molar-refractivity contribution in [1.82, 2.24) is 10.3 Å². The van der Waals surface area contributed by atoms with Crippen molar-refractivity contribution < 1.29 is 10.0 Å². The number of carbonyl (C=O) groups is 1. The van der Waals surface area contributed by atoms with E-state index in [0.717, 1.165) is 11.4 Å². The van der Waals surface area contributed by atoms with Gasteiger partial charge in [0, 0.05) is 11.1 Å².